The van der Waals surface area contributed by atoms with E-state index in [-0.39, 0.29) is 23.8 Å². The van der Waals surface area contributed by atoms with E-state index in [1.165, 1.54) is 25.7 Å². The number of hydrogen-bond acceptors (Lipinski definition) is 4. The molecular weight excluding hydrogens is 388 g/mol. The van der Waals surface area contributed by atoms with E-state index in [0.29, 0.717) is 11.5 Å². The van der Waals surface area contributed by atoms with Crippen molar-refractivity contribution in [2.75, 3.05) is 0 Å². The van der Waals surface area contributed by atoms with E-state index >= 15 is 0 Å². The molecule has 0 atom stereocenters. The molecular formula is C27H40O4. The van der Waals surface area contributed by atoms with Crippen LogP contribution in [0.2, 0.25) is 0 Å². The highest BCUT2D eigenvalue weighted by molar-refractivity contribution is 5.76. The van der Waals surface area contributed by atoms with Crippen molar-refractivity contribution in [2.24, 2.45) is 23.7 Å². The van der Waals surface area contributed by atoms with E-state index in [0.717, 1.165) is 68.8 Å². The Hall–Kier alpha value is -1.84. The molecule has 0 unspecified atom stereocenters. The minimum atomic E-state index is -0.122. The third-order valence-corrected chi connectivity index (χ3v) is 7.33. The van der Waals surface area contributed by atoms with Crippen LogP contribution in [-0.4, -0.2) is 11.9 Å². The second-order valence-electron chi connectivity index (χ2n) is 9.78. The molecule has 0 amide bonds. The van der Waals surface area contributed by atoms with Gasteiger partial charge >= 0.3 is 11.9 Å². The van der Waals surface area contributed by atoms with Gasteiger partial charge in [0.2, 0.25) is 0 Å². The van der Waals surface area contributed by atoms with Gasteiger partial charge in [-0.15, -0.1) is 0 Å². The van der Waals surface area contributed by atoms with Crippen molar-refractivity contribution in [1.29, 1.82) is 0 Å². The maximum absolute atomic E-state index is 12.6. The van der Waals surface area contributed by atoms with Gasteiger partial charge < -0.3 is 9.47 Å². The fourth-order valence-electron chi connectivity index (χ4n) is 5.38. The number of benzene rings is 1. The summed E-state index contributed by atoms with van der Waals surface area (Å²) in [5, 5.41) is 0. The number of aryl methyl sites for hydroxylation is 1. The number of rotatable bonds is 8. The number of esters is 2. The third kappa shape index (κ3) is 6.82. The molecule has 2 aliphatic carbocycles. The lowest BCUT2D eigenvalue weighted by Crippen LogP contribution is -2.26. The Morgan fingerprint density at radius 1 is 0.774 bits per heavy atom. The average molecular weight is 429 g/mol. The van der Waals surface area contributed by atoms with Gasteiger partial charge in [-0.25, -0.2) is 0 Å². The van der Waals surface area contributed by atoms with Gasteiger partial charge in [0.05, 0.1) is 11.8 Å². The predicted octanol–water partition coefficient (Wildman–Crippen LogP) is 7.02. The first kappa shape index (κ1) is 23.8. The molecule has 172 valence electrons. The van der Waals surface area contributed by atoms with Crippen LogP contribution in [0.3, 0.4) is 0 Å². The molecule has 0 bridgehead atoms. The van der Waals surface area contributed by atoms with Crippen LogP contribution in [0.4, 0.5) is 0 Å². The summed E-state index contributed by atoms with van der Waals surface area (Å²) in [5.74, 6) is 2.42. The molecule has 2 aliphatic rings. The van der Waals surface area contributed by atoms with Gasteiger partial charge in [0.1, 0.15) is 11.5 Å². The average Bonchev–Trinajstić information content (AvgIpc) is 2.77. The molecule has 2 fully saturated rings. The summed E-state index contributed by atoms with van der Waals surface area (Å²) in [7, 11) is 0. The SMILES string of the molecule is CCCC1CCC(C(=O)Oc2ccc(OC(=O)C3CCC(CCC)CC3)c(C)c2)CC1. The van der Waals surface area contributed by atoms with Crippen LogP contribution in [0.5, 0.6) is 11.5 Å². The van der Waals surface area contributed by atoms with Gasteiger partial charge in [-0.1, -0.05) is 39.5 Å². The highest BCUT2D eigenvalue weighted by atomic mass is 16.5. The Labute approximate surface area is 188 Å². The molecule has 1 aromatic rings. The molecule has 0 N–H and O–H groups in total. The molecule has 1 aromatic carbocycles. The summed E-state index contributed by atoms with van der Waals surface area (Å²) in [6.07, 6.45) is 13.2. The molecule has 4 nitrogen and oxygen atoms in total. The molecule has 0 heterocycles. The lowest BCUT2D eigenvalue weighted by atomic mass is 9.80. The molecule has 0 aliphatic heterocycles. The molecule has 31 heavy (non-hydrogen) atoms. The summed E-state index contributed by atoms with van der Waals surface area (Å²) in [6.45, 7) is 6.35. The van der Waals surface area contributed by atoms with E-state index in [1.54, 1.807) is 18.2 Å². The summed E-state index contributed by atoms with van der Waals surface area (Å²) in [4.78, 5) is 25.2. The zero-order valence-corrected chi connectivity index (χ0v) is 19.7. The Morgan fingerprint density at radius 3 is 1.71 bits per heavy atom. The minimum Gasteiger partial charge on any atom is -0.426 e. The Kier molecular flexibility index (Phi) is 8.98. The predicted molar refractivity (Wildman–Crippen MR) is 123 cm³/mol. The van der Waals surface area contributed by atoms with Crippen molar-refractivity contribution >= 4 is 11.9 Å². The van der Waals surface area contributed by atoms with E-state index in [2.05, 4.69) is 13.8 Å². The van der Waals surface area contributed by atoms with Crippen LogP contribution in [-0.2, 0) is 9.59 Å². The van der Waals surface area contributed by atoms with Crippen molar-refractivity contribution < 1.29 is 19.1 Å². The lowest BCUT2D eigenvalue weighted by molar-refractivity contribution is -0.141. The number of hydrogen-bond donors (Lipinski definition) is 0. The number of ether oxygens (including phenoxy) is 2. The smallest absolute Gasteiger partial charge is 0.314 e. The fraction of sp³-hybridized carbons (Fsp3) is 0.704. The van der Waals surface area contributed by atoms with Crippen molar-refractivity contribution in [3.05, 3.63) is 23.8 Å². The molecule has 2 saturated carbocycles. The maximum Gasteiger partial charge on any atom is 0.314 e. The highest BCUT2D eigenvalue weighted by Crippen LogP contribution is 2.34. The first-order valence-electron chi connectivity index (χ1n) is 12.5. The first-order chi connectivity index (χ1) is 15.0. The molecule has 0 spiro atoms. The van der Waals surface area contributed by atoms with Crippen LogP contribution >= 0.6 is 0 Å². The minimum absolute atomic E-state index is 0.00726. The molecule has 3 rings (SSSR count). The van der Waals surface area contributed by atoms with Crippen LogP contribution in [0, 0.1) is 30.6 Å². The normalized spacial score (nSPS) is 26.3. The van der Waals surface area contributed by atoms with Gasteiger partial charge in [0, 0.05) is 0 Å². The van der Waals surface area contributed by atoms with Crippen molar-refractivity contribution in [3.63, 3.8) is 0 Å². The number of carbonyl (C=O) groups is 2. The number of carbonyl (C=O) groups excluding carboxylic acids is 2. The van der Waals surface area contributed by atoms with E-state index in [9.17, 15) is 9.59 Å². The van der Waals surface area contributed by atoms with Gasteiger partial charge in [0.25, 0.3) is 0 Å². The Balaban J connectivity index is 1.48. The fourth-order valence-corrected chi connectivity index (χ4v) is 5.38. The van der Waals surface area contributed by atoms with Gasteiger partial charge in [-0.05, 0) is 93.9 Å². The summed E-state index contributed by atoms with van der Waals surface area (Å²) >= 11 is 0. The summed E-state index contributed by atoms with van der Waals surface area (Å²) < 4.78 is 11.4. The van der Waals surface area contributed by atoms with Gasteiger partial charge in [-0.3, -0.25) is 9.59 Å². The highest BCUT2D eigenvalue weighted by Gasteiger charge is 2.29. The summed E-state index contributed by atoms with van der Waals surface area (Å²) in [5.41, 5.74) is 0.824. The van der Waals surface area contributed by atoms with Crippen LogP contribution in [0.1, 0.15) is 96.5 Å². The molecule has 0 aromatic heterocycles. The zero-order valence-electron chi connectivity index (χ0n) is 19.7. The summed E-state index contributed by atoms with van der Waals surface area (Å²) in [6, 6.07) is 5.31. The Morgan fingerprint density at radius 2 is 1.26 bits per heavy atom. The van der Waals surface area contributed by atoms with Crippen molar-refractivity contribution in [2.45, 2.75) is 97.8 Å². The van der Waals surface area contributed by atoms with Crippen molar-refractivity contribution in [1.82, 2.24) is 0 Å². The quantitative estimate of drug-likeness (QED) is 0.330. The van der Waals surface area contributed by atoms with Crippen molar-refractivity contribution in [3.8, 4) is 11.5 Å². The largest absolute Gasteiger partial charge is 0.426 e. The van der Waals surface area contributed by atoms with E-state index in [1.807, 2.05) is 6.92 Å². The maximum atomic E-state index is 12.6. The van der Waals surface area contributed by atoms with Crippen LogP contribution < -0.4 is 9.47 Å². The van der Waals surface area contributed by atoms with Gasteiger partial charge in [0.15, 0.2) is 0 Å². The molecule has 0 radical (unpaired) electrons. The Bertz CT molecular complexity index is 725. The van der Waals surface area contributed by atoms with Gasteiger partial charge in [-0.2, -0.15) is 0 Å². The standard InChI is InChI=1S/C27H40O4/c1-4-6-20-8-12-22(13-9-20)26(28)30-24-16-17-25(19(3)18-24)31-27(29)23-14-10-21(7-5-2)11-15-23/h16-18,20-23H,4-15H2,1-3H3. The van der Waals surface area contributed by atoms with E-state index in [4.69, 9.17) is 9.47 Å². The monoisotopic (exact) mass is 428 g/mol. The second-order valence-corrected chi connectivity index (χ2v) is 9.78. The van der Waals surface area contributed by atoms with Crippen LogP contribution in [0.25, 0.3) is 0 Å². The molecule has 4 heteroatoms. The first-order valence-corrected chi connectivity index (χ1v) is 12.5. The second kappa shape index (κ2) is 11.7. The lowest BCUT2D eigenvalue weighted by Gasteiger charge is -2.27. The topological polar surface area (TPSA) is 52.6 Å². The van der Waals surface area contributed by atoms with E-state index < -0.39 is 0 Å². The third-order valence-electron chi connectivity index (χ3n) is 7.33. The molecule has 0 saturated heterocycles. The van der Waals surface area contributed by atoms with Crippen LogP contribution in [0.15, 0.2) is 18.2 Å². The zero-order chi connectivity index (χ0) is 22.2.